The van der Waals surface area contributed by atoms with Crippen LogP contribution in [0, 0.1) is 10.1 Å². The number of aromatic nitrogens is 1. The number of hydrogen-bond acceptors (Lipinski definition) is 5. The van der Waals surface area contributed by atoms with Crippen LogP contribution in [0.25, 0.3) is 0 Å². The van der Waals surface area contributed by atoms with Gasteiger partial charge in [-0.15, -0.1) is 0 Å². The highest BCUT2D eigenvalue weighted by Crippen LogP contribution is 2.28. The minimum atomic E-state index is -0.731. The van der Waals surface area contributed by atoms with Crippen LogP contribution in [0.15, 0.2) is 12.3 Å². The molecule has 94 valence electrons. The van der Waals surface area contributed by atoms with E-state index >= 15 is 0 Å². The molecular formula is C10H14ClN3O3. The Hall–Kier alpha value is -1.40. The van der Waals surface area contributed by atoms with Gasteiger partial charge in [-0.05, 0) is 20.8 Å². The van der Waals surface area contributed by atoms with Crippen molar-refractivity contribution in [3.8, 4) is 0 Å². The first-order valence-corrected chi connectivity index (χ1v) is 5.38. The van der Waals surface area contributed by atoms with Crippen molar-refractivity contribution >= 4 is 23.1 Å². The quantitative estimate of drug-likeness (QED) is 0.639. The van der Waals surface area contributed by atoms with Crippen LogP contribution < -0.4 is 5.32 Å². The van der Waals surface area contributed by atoms with E-state index in [4.69, 9.17) is 11.6 Å². The largest absolute Gasteiger partial charge is 0.391 e. The maximum absolute atomic E-state index is 10.8. The standard InChI is InChI=1S/C10H14ClN3O3/c1-6(15)10(2,3)13-9-8(14(16)17)4-7(11)5-12-9/h4-6,15H,1-3H3,(H,12,13). The summed E-state index contributed by atoms with van der Waals surface area (Å²) in [4.78, 5) is 14.1. The molecule has 1 atom stereocenters. The van der Waals surface area contributed by atoms with Crippen molar-refractivity contribution in [1.29, 1.82) is 0 Å². The lowest BCUT2D eigenvalue weighted by Crippen LogP contribution is -2.42. The average molecular weight is 260 g/mol. The Morgan fingerprint density at radius 1 is 1.65 bits per heavy atom. The number of anilines is 1. The summed E-state index contributed by atoms with van der Waals surface area (Å²) in [7, 11) is 0. The van der Waals surface area contributed by atoms with Gasteiger partial charge in [-0.1, -0.05) is 11.6 Å². The molecule has 0 aliphatic carbocycles. The molecule has 1 aromatic rings. The molecule has 0 amide bonds. The van der Waals surface area contributed by atoms with Gasteiger partial charge >= 0.3 is 5.69 Å². The molecule has 1 aromatic heterocycles. The summed E-state index contributed by atoms with van der Waals surface area (Å²) >= 11 is 5.65. The van der Waals surface area contributed by atoms with Gasteiger partial charge < -0.3 is 10.4 Å². The molecule has 0 saturated carbocycles. The van der Waals surface area contributed by atoms with Gasteiger partial charge in [0, 0.05) is 12.3 Å². The molecule has 1 heterocycles. The third-order valence-electron chi connectivity index (χ3n) is 2.52. The molecule has 17 heavy (non-hydrogen) atoms. The van der Waals surface area contributed by atoms with Crippen LogP contribution in [0.4, 0.5) is 11.5 Å². The van der Waals surface area contributed by atoms with Gasteiger partial charge in [0.25, 0.3) is 0 Å². The van der Waals surface area contributed by atoms with E-state index in [1.807, 2.05) is 0 Å². The van der Waals surface area contributed by atoms with Gasteiger partial charge in [0.2, 0.25) is 5.82 Å². The van der Waals surface area contributed by atoms with Crippen molar-refractivity contribution < 1.29 is 10.0 Å². The fourth-order valence-electron chi connectivity index (χ4n) is 1.07. The van der Waals surface area contributed by atoms with Gasteiger partial charge in [-0.2, -0.15) is 0 Å². The Kier molecular flexibility index (Phi) is 3.90. The highest BCUT2D eigenvalue weighted by Gasteiger charge is 2.28. The van der Waals surface area contributed by atoms with E-state index in [2.05, 4.69) is 10.3 Å². The average Bonchev–Trinajstić information content (AvgIpc) is 2.19. The summed E-state index contributed by atoms with van der Waals surface area (Å²) in [5.74, 6) is 0.0882. The van der Waals surface area contributed by atoms with Gasteiger partial charge in [-0.3, -0.25) is 10.1 Å². The maximum atomic E-state index is 10.8. The van der Waals surface area contributed by atoms with E-state index in [0.717, 1.165) is 0 Å². The predicted octanol–water partition coefficient (Wildman–Crippen LogP) is 2.21. The van der Waals surface area contributed by atoms with Crippen LogP contribution in [0.5, 0.6) is 0 Å². The molecule has 0 spiro atoms. The Balaban J connectivity index is 3.11. The predicted molar refractivity (Wildman–Crippen MR) is 65.3 cm³/mol. The van der Waals surface area contributed by atoms with Crippen molar-refractivity contribution in [2.24, 2.45) is 0 Å². The minimum absolute atomic E-state index is 0.0882. The monoisotopic (exact) mass is 259 g/mol. The lowest BCUT2D eigenvalue weighted by molar-refractivity contribution is -0.384. The molecule has 0 fully saturated rings. The zero-order chi connectivity index (χ0) is 13.2. The van der Waals surface area contributed by atoms with Crippen LogP contribution in [0.3, 0.4) is 0 Å². The zero-order valence-electron chi connectivity index (χ0n) is 9.77. The van der Waals surface area contributed by atoms with Gasteiger partial charge in [-0.25, -0.2) is 4.98 Å². The van der Waals surface area contributed by atoms with Crippen LogP contribution in [0.1, 0.15) is 20.8 Å². The second-order valence-electron chi connectivity index (χ2n) is 4.30. The highest BCUT2D eigenvalue weighted by molar-refractivity contribution is 6.30. The van der Waals surface area contributed by atoms with E-state index < -0.39 is 16.6 Å². The van der Waals surface area contributed by atoms with Gasteiger partial charge in [0.15, 0.2) is 0 Å². The Morgan fingerprint density at radius 2 is 2.24 bits per heavy atom. The van der Waals surface area contributed by atoms with Crippen LogP contribution in [0.2, 0.25) is 5.02 Å². The van der Waals surface area contributed by atoms with Crippen LogP contribution in [-0.2, 0) is 0 Å². The summed E-state index contributed by atoms with van der Waals surface area (Å²) in [6.07, 6.45) is 0.620. The number of nitrogens with zero attached hydrogens (tertiary/aromatic N) is 2. The van der Waals surface area contributed by atoms with Gasteiger partial charge in [0.05, 0.1) is 21.6 Å². The van der Waals surface area contributed by atoms with Crippen LogP contribution >= 0.6 is 11.6 Å². The van der Waals surface area contributed by atoms with E-state index in [1.54, 1.807) is 20.8 Å². The number of nitrogens with one attached hydrogen (secondary N) is 1. The molecule has 1 rings (SSSR count). The number of halogens is 1. The van der Waals surface area contributed by atoms with Crippen molar-refractivity contribution in [3.05, 3.63) is 27.4 Å². The molecule has 7 heteroatoms. The van der Waals surface area contributed by atoms with Crippen molar-refractivity contribution in [3.63, 3.8) is 0 Å². The smallest absolute Gasteiger partial charge is 0.312 e. The van der Waals surface area contributed by atoms with Crippen molar-refractivity contribution in [1.82, 2.24) is 4.98 Å². The van der Waals surface area contributed by atoms with E-state index in [1.165, 1.54) is 12.3 Å². The maximum Gasteiger partial charge on any atom is 0.312 e. The normalized spacial score (nSPS) is 13.2. The summed E-state index contributed by atoms with van der Waals surface area (Å²) in [6, 6.07) is 1.22. The second kappa shape index (κ2) is 4.85. The Labute approximate surface area is 104 Å². The van der Waals surface area contributed by atoms with E-state index in [-0.39, 0.29) is 16.5 Å². The lowest BCUT2D eigenvalue weighted by Gasteiger charge is -2.29. The fraction of sp³-hybridized carbons (Fsp3) is 0.500. The van der Waals surface area contributed by atoms with E-state index in [0.29, 0.717) is 0 Å². The van der Waals surface area contributed by atoms with Crippen molar-refractivity contribution in [2.75, 3.05) is 5.32 Å². The SMILES string of the molecule is CC(O)C(C)(C)Nc1ncc(Cl)cc1[N+](=O)[O-]. The first-order valence-electron chi connectivity index (χ1n) is 5.00. The summed E-state index contributed by atoms with van der Waals surface area (Å²) in [6.45, 7) is 5.03. The molecule has 1 unspecified atom stereocenters. The number of pyridine rings is 1. The third kappa shape index (κ3) is 3.28. The minimum Gasteiger partial charge on any atom is -0.391 e. The first-order chi connectivity index (χ1) is 7.74. The summed E-state index contributed by atoms with van der Waals surface area (Å²) in [5, 5.41) is 23.4. The lowest BCUT2D eigenvalue weighted by atomic mass is 9.99. The van der Waals surface area contributed by atoms with Crippen LogP contribution in [-0.4, -0.2) is 26.7 Å². The molecule has 0 aromatic carbocycles. The molecule has 2 N–H and O–H groups in total. The molecule has 6 nitrogen and oxygen atoms in total. The topological polar surface area (TPSA) is 88.3 Å². The molecule has 0 saturated heterocycles. The number of aliphatic hydroxyl groups is 1. The fourth-order valence-corrected chi connectivity index (χ4v) is 1.23. The second-order valence-corrected chi connectivity index (χ2v) is 4.74. The molecule has 0 aliphatic heterocycles. The number of nitro groups is 1. The number of hydrogen-bond donors (Lipinski definition) is 2. The van der Waals surface area contributed by atoms with Crippen molar-refractivity contribution in [2.45, 2.75) is 32.4 Å². The van der Waals surface area contributed by atoms with Gasteiger partial charge in [0.1, 0.15) is 0 Å². The first kappa shape index (κ1) is 13.7. The number of rotatable bonds is 4. The molecule has 0 bridgehead atoms. The molecule has 0 aliphatic rings. The summed E-state index contributed by atoms with van der Waals surface area (Å²) < 4.78 is 0. The zero-order valence-corrected chi connectivity index (χ0v) is 10.5. The molecule has 0 radical (unpaired) electrons. The Morgan fingerprint density at radius 3 is 2.71 bits per heavy atom. The Bertz CT molecular complexity index is 435. The molecular weight excluding hydrogens is 246 g/mol. The third-order valence-corrected chi connectivity index (χ3v) is 2.72. The summed E-state index contributed by atoms with van der Waals surface area (Å²) in [5.41, 5.74) is -0.947. The number of aliphatic hydroxyl groups excluding tert-OH is 1. The highest BCUT2D eigenvalue weighted by atomic mass is 35.5. The van der Waals surface area contributed by atoms with E-state index in [9.17, 15) is 15.2 Å².